The molecule has 0 saturated carbocycles. The number of amides is 1. The molecule has 136 valence electrons. The number of carbonyl (C=O) groups excluding carboxylic acids is 1. The normalized spacial score (nSPS) is 10.9. The zero-order chi connectivity index (χ0) is 18.8. The number of thiazole rings is 1. The van der Waals surface area contributed by atoms with Crippen molar-refractivity contribution in [1.29, 1.82) is 0 Å². The molecule has 0 aliphatic carbocycles. The molecule has 3 heterocycles. The minimum atomic E-state index is -0.361. The lowest BCUT2D eigenvalue weighted by molar-refractivity contribution is 0.102. The summed E-state index contributed by atoms with van der Waals surface area (Å²) in [4.78, 5) is 21.0. The summed E-state index contributed by atoms with van der Waals surface area (Å²) in [5.41, 5.74) is 1.02. The van der Waals surface area contributed by atoms with Gasteiger partial charge in [0.15, 0.2) is 16.6 Å². The summed E-state index contributed by atoms with van der Waals surface area (Å²) in [5, 5.41) is 11.4. The molecule has 0 bridgehead atoms. The molecular formula is C18H16N6O2S. The van der Waals surface area contributed by atoms with Gasteiger partial charge in [-0.15, -0.1) is 10.2 Å². The molecule has 0 radical (unpaired) electrons. The Balaban J connectivity index is 1.51. The zero-order valence-electron chi connectivity index (χ0n) is 14.7. The van der Waals surface area contributed by atoms with Gasteiger partial charge in [-0.1, -0.05) is 11.3 Å². The molecule has 9 heteroatoms. The second-order valence-electron chi connectivity index (χ2n) is 5.66. The first-order chi connectivity index (χ1) is 13.1. The van der Waals surface area contributed by atoms with Crippen molar-refractivity contribution in [3.05, 3.63) is 54.2 Å². The molecule has 27 heavy (non-hydrogen) atoms. The van der Waals surface area contributed by atoms with Crippen LogP contribution in [0.5, 0.6) is 5.75 Å². The monoisotopic (exact) mass is 380 g/mol. The highest BCUT2D eigenvalue weighted by molar-refractivity contribution is 7.22. The third-order valence-electron chi connectivity index (χ3n) is 3.85. The minimum absolute atomic E-state index is 0.214. The number of benzene rings is 1. The number of aromatic nitrogens is 5. The van der Waals surface area contributed by atoms with Crippen LogP contribution in [0.2, 0.25) is 0 Å². The largest absolute Gasteiger partial charge is 0.494 e. The molecule has 4 rings (SSSR count). The predicted octanol–water partition coefficient (Wildman–Crippen LogP) is 3.23. The second kappa shape index (κ2) is 7.12. The van der Waals surface area contributed by atoms with Crippen LogP contribution in [0.1, 0.15) is 23.2 Å². The molecule has 1 amide bonds. The Hall–Kier alpha value is -3.33. The van der Waals surface area contributed by atoms with Gasteiger partial charge in [-0.25, -0.2) is 9.97 Å². The maximum absolute atomic E-state index is 12.4. The van der Waals surface area contributed by atoms with Crippen LogP contribution in [0, 0.1) is 6.92 Å². The van der Waals surface area contributed by atoms with Gasteiger partial charge in [0, 0.05) is 12.4 Å². The van der Waals surface area contributed by atoms with Crippen LogP contribution in [-0.2, 0) is 0 Å². The van der Waals surface area contributed by atoms with Crippen molar-refractivity contribution < 1.29 is 9.53 Å². The lowest BCUT2D eigenvalue weighted by Gasteiger charge is -2.04. The number of hydrogen-bond donors (Lipinski definition) is 1. The third-order valence-corrected chi connectivity index (χ3v) is 4.78. The number of aryl methyl sites for hydroxylation is 1. The molecule has 1 aromatic carbocycles. The predicted molar refractivity (Wildman–Crippen MR) is 103 cm³/mol. The topological polar surface area (TPSA) is 94.8 Å². The number of carbonyl (C=O) groups is 1. The fraction of sp³-hybridized carbons (Fsp3) is 0.167. The van der Waals surface area contributed by atoms with Gasteiger partial charge in [0.2, 0.25) is 0 Å². The van der Waals surface area contributed by atoms with Crippen molar-refractivity contribution in [3.63, 3.8) is 0 Å². The molecule has 0 aliphatic rings. The average molecular weight is 380 g/mol. The molecule has 0 fully saturated rings. The molecule has 0 aliphatic heterocycles. The van der Waals surface area contributed by atoms with E-state index >= 15 is 0 Å². The summed E-state index contributed by atoms with van der Waals surface area (Å²) in [5.74, 6) is 1.82. The van der Waals surface area contributed by atoms with E-state index in [2.05, 4.69) is 25.5 Å². The SMILES string of the molecule is CCOc1ccc2nc(NC(=O)c3ccc(-n4ccnc4C)nn3)sc2c1. The van der Waals surface area contributed by atoms with Gasteiger partial charge in [0.05, 0.1) is 16.8 Å². The zero-order valence-corrected chi connectivity index (χ0v) is 15.5. The van der Waals surface area contributed by atoms with Crippen molar-refractivity contribution in [3.8, 4) is 11.6 Å². The van der Waals surface area contributed by atoms with E-state index < -0.39 is 0 Å². The Morgan fingerprint density at radius 2 is 2.15 bits per heavy atom. The number of nitrogens with one attached hydrogen (secondary N) is 1. The van der Waals surface area contributed by atoms with Crippen LogP contribution in [0.15, 0.2) is 42.7 Å². The van der Waals surface area contributed by atoms with Crippen molar-refractivity contribution >= 4 is 32.6 Å². The van der Waals surface area contributed by atoms with Crippen LogP contribution < -0.4 is 10.1 Å². The quantitative estimate of drug-likeness (QED) is 0.571. The van der Waals surface area contributed by atoms with E-state index in [1.54, 1.807) is 29.1 Å². The Kier molecular flexibility index (Phi) is 4.51. The molecule has 0 unspecified atom stereocenters. The fourth-order valence-electron chi connectivity index (χ4n) is 2.57. The number of fused-ring (bicyclic) bond motifs is 1. The number of anilines is 1. The van der Waals surface area contributed by atoms with E-state index in [0.717, 1.165) is 21.8 Å². The number of imidazole rings is 1. The maximum Gasteiger partial charge on any atom is 0.277 e. The summed E-state index contributed by atoms with van der Waals surface area (Å²) in [7, 11) is 0. The molecule has 3 aromatic heterocycles. The van der Waals surface area contributed by atoms with Gasteiger partial charge < -0.3 is 4.74 Å². The lowest BCUT2D eigenvalue weighted by Crippen LogP contribution is -2.15. The minimum Gasteiger partial charge on any atom is -0.494 e. The lowest BCUT2D eigenvalue weighted by atomic mass is 10.3. The Morgan fingerprint density at radius 1 is 1.26 bits per heavy atom. The average Bonchev–Trinajstić information content (AvgIpc) is 3.27. The molecular weight excluding hydrogens is 364 g/mol. The summed E-state index contributed by atoms with van der Waals surface area (Å²) in [6.45, 7) is 4.40. The van der Waals surface area contributed by atoms with E-state index in [9.17, 15) is 4.79 Å². The summed E-state index contributed by atoms with van der Waals surface area (Å²) in [6.07, 6.45) is 3.47. The number of nitrogens with zero attached hydrogens (tertiary/aromatic N) is 5. The van der Waals surface area contributed by atoms with Gasteiger partial charge in [-0.05, 0) is 44.2 Å². The van der Waals surface area contributed by atoms with Gasteiger partial charge >= 0.3 is 0 Å². The number of hydrogen-bond acceptors (Lipinski definition) is 7. The third kappa shape index (κ3) is 3.49. The first-order valence-corrected chi connectivity index (χ1v) is 9.14. The van der Waals surface area contributed by atoms with Gasteiger partial charge in [0.1, 0.15) is 11.6 Å². The van der Waals surface area contributed by atoms with E-state index in [1.807, 2.05) is 32.0 Å². The Labute approximate surface area is 158 Å². The smallest absolute Gasteiger partial charge is 0.277 e. The molecule has 8 nitrogen and oxygen atoms in total. The molecule has 4 aromatic rings. The first-order valence-electron chi connectivity index (χ1n) is 8.33. The second-order valence-corrected chi connectivity index (χ2v) is 6.69. The van der Waals surface area contributed by atoms with Gasteiger partial charge in [-0.2, -0.15) is 0 Å². The summed E-state index contributed by atoms with van der Waals surface area (Å²) in [6, 6.07) is 8.99. The van der Waals surface area contributed by atoms with E-state index in [0.29, 0.717) is 17.6 Å². The van der Waals surface area contributed by atoms with Crippen molar-refractivity contribution in [2.45, 2.75) is 13.8 Å². The summed E-state index contributed by atoms with van der Waals surface area (Å²) < 4.78 is 8.22. The fourth-order valence-corrected chi connectivity index (χ4v) is 3.46. The van der Waals surface area contributed by atoms with E-state index in [4.69, 9.17) is 4.74 Å². The van der Waals surface area contributed by atoms with E-state index in [1.165, 1.54) is 11.3 Å². The van der Waals surface area contributed by atoms with Crippen LogP contribution >= 0.6 is 11.3 Å². The standard InChI is InChI=1S/C18H16N6O2S/c1-3-26-12-4-5-13-15(10-12)27-18(20-13)21-17(25)14-6-7-16(23-22-14)24-9-8-19-11(24)2/h4-10H,3H2,1-2H3,(H,20,21,25). The van der Waals surface area contributed by atoms with Gasteiger partial charge in [0.25, 0.3) is 5.91 Å². The van der Waals surface area contributed by atoms with Gasteiger partial charge in [-0.3, -0.25) is 14.7 Å². The first kappa shape index (κ1) is 17.1. The highest BCUT2D eigenvalue weighted by Crippen LogP contribution is 2.29. The number of ether oxygens (including phenoxy) is 1. The van der Waals surface area contributed by atoms with E-state index in [-0.39, 0.29) is 11.6 Å². The highest BCUT2D eigenvalue weighted by Gasteiger charge is 2.13. The molecule has 1 N–H and O–H groups in total. The van der Waals surface area contributed by atoms with Crippen LogP contribution in [0.3, 0.4) is 0 Å². The highest BCUT2D eigenvalue weighted by atomic mass is 32.1. The Morgan fingerprint density at radius 3 is 2.85 bits per heavy atom. The summed E-state index contributed by atoms with van der Waals surface area (Å²) >= 11 is 1.38. The van der Waals surface area contributed by atoms with Crippen LogP contribution in [0.4, 0.5) is 5.13 Å². The van der Waals surface area contributed by atoms with Crippen molar-refractivity contribution in [2.75, 3.05) is 11.9 Å². The molecule has 0 saturated heterocycles. The molecule has 0 atom stereocenters. The number of rotatable bonds is 5. The van der Waals surface area contributed by atoms with Crippen LogP contribution in [-0.4, -0.2) is 37.2 Å². The van der Waals surface area contributed by atoms with Crippen molar-refractivity contribution in [1.82, 2.24) is 24.7 Å². The Bertz CT molecular complexity index is 1100. The maximum atomic E-state index is 12.4. The van der Waals surface area contributed by atoms with Crippen molar-refractivity contribution in [2.24, 2.45) is 0 Å². The molecule has 0 spiro atoms. The van der Waals surface area contributed by atoms with Crippen LogP contribution in [0.25, 0.3) is 16.0 Å².